The summed E-state index contributed by atoms with van der Waals surface area (Å²) in [6, 6.07) is 9.70. The Balaban J connectivity index is 1.46. The van der Waals surface area contributed by atoms with Gasteiger partial charge in [-0.15, -0.1) is 0 Å². The van der Waals surface area contributed by atoms with Gasteiger partial charge in [-0.1, -0.05) is 38.1 Å². The van der Waals surface area contributed by atoms with Crippen molar-refractivity contribution in [1.29, 1.82) is 0 Å². The van der Waals surface area contributed by atoms with Gasteiger partial charge in [-0.25, -0.2) is 0 Å². The first-order valence-corrected chi connectivity index (χ1v) is 11.4. The van der Waals surface area contributed by atoms with Crippen molar-refractivity contribution in [3.63, 3.8) is 0 Å². The van der Waals surface area contributed by atoms with Crippen molar-refractivity contribution >= 4 is 5.96 Å². The Morgan fingerprint density at radius 1 is 1.17 bits per heavy atom. The maximum Gasteiger partial charge on any atom is 0.194 e. The van der Waals surface area contributed by atoms with Gasteiger partial charge in [0.2, 0.25) is 0 Å². The first-order chi connectivity index (χ1) is 14.1. The lowest BCUT2D eigenvalue weighted by Crippen LogP contribution is -2.48. The second-order valence-corrected chi connectivity index (χ2v) is 8.62. The molecule has 2 atom stereocenters. The fourth-order valence-electron chi connectivity index (χ4n) is 4.09. The van der Waals surface area contributed by atoms with E-state index in [0.717, 1.165) is 58.1 Å². The van der Waals surface area contributed by atoms with Crippen LogP contribution in [0.15, 0.2) is 29.3 Å². The second kappa shape index (κ2) is 11.0. The van der Waals surface area contributed by atoms with Crippen LogP contribution < -0.4 is 5.32 Å². The molecule has 1 heterocycles. The number of ether oxygens (including phenoxy) is 2. The zero-order valence-electron chi connectivity index (χ0n) is 18.7. The van der Waals surface area contributed by atoms with Gasteiger partial charge in [0.15, 0.2) is 5.96 Å². The SMILES string of the molecule is CCN=C(NC1CC1c1ccc(C(C)C)cc1)N1CCC(OCCCOC)CC1. The molecule has 29 heavy (non-hydrogen) atoms. The molecule has 5 heteroatoms. The predicted octanol–water partition coefficient (Wildman–Crippen LogP) is 4.15. The van der Waals surface area contributed by atoms with E-state index in [1.807, 2.05) is 0 Å². The van der Waals surface area contributed by atoms with Crippen LogP contribution in [0, 0.1) is 0 Å². The Kier molecular flexibility index (Phi) is 8.37. The van der Waals surface area contributed by atoms with Crippen LogP contribution in [-0.2, 0) is 9.47 Å². The summed E-state index contributed by atoms with van der Waals surface area (Å²) >= 11 is 0. The lowest BCUT2D eigenvalue weighted by atomic mass is 10.0. The van der Waals surface area contributed by atoms with E-state index in [1.165, 1.54) is 17.5 Å². The van der Waals surface area contributed by atoms with Gasteiger partial charge in [-0.2, -0.15) is 0 Å². The van der Waals surface area contributed by atoms with E-state index in [9.17, 15) is 0 Å². The number of rotatable bonds is 9. The number of methoxy groups -OCH3 is 1. The van der Waals surface area contributed by atoms with E-state index >= 15 is 0 Å². The fourth-order valence-corrected chi connectivity index (χ4v) is 4.09. The van der Waals surface area contributed by atoms with Crippen LogP contribution in [0.5, 0.6) is 0 Å². The zero-order chi connectivity index (χ0) is 20.6. The Morgan fingerprint density at radius 3 is 2.52 bits per heavy atom. The monoisotopic (exact) mass is 401 g/mol. The minimum Gasteiger partial charge on any atom is -0.385 e. The van der Waals surface area contributed by atoms with E-state index in [-0.39, 0.29) is 0 Å². The molecule has 2 unspecified atom stereocenters. The lowest BCUT2D eigenvalue weighted by molar-refractivity contribution is 0.00988. The predicted molar refractivity (Wildman–Crippen MR) is 120 cm³/mol. The highest BCUT2D eigenvalue weighted by atomic mass is 16.5. The quantitative estimate of drug-likeness (QED) is 0.384. The number of piperidine rings is 1. The first-order valence-electron chi connectivity index (χ1n) is 11.4. The molecule has 1 aliphatic carbocycles. The minimum atomic E-state index is 0.374. The summed E-state index contributed by atoms with van der Waals surface area (Å²) in [5.41, 5.74) is 2.87. The van der Waals surface area contributed by atoms with Crippen LogP contribution in [0.2, 0.25) is 0 Å². The number of hydrogen-bond donors (Lipinski definition) is 1. The van der Waals surface area contributed by atoms with E-state index in [1.54, 1.807) is 7.11 Å². The topological polar surface area (TPSA) is 46.1 Å². The van der Waals surface area contributed by atoms with Crippen molar-refractivity contribution in [3.05, 3.63) is 35.4 Å². The standard InChI is InChI=1S/C24H39N3O2/c1-5-25-24(27-13-11-21(12-14-27)29-16-6-15-28-4)26-23-17-22(23)20-9-7-19(8-10-20)18(2)3/h7-10,18,21-23H,5-6,11-17H2,1-4H3,(H,25,26). The Morgan fingerprint density at radius 2 is 1.90 bits per heavy atom. The van der Waals surface area contributed by atoms with Crippen LogP contribution in [0.3, 0.4) is 0 Å². The van der Waals surface area contributed by atoms with Crippen molar-refractivity contribution in [2.45, 2.75) is 70.4 Å². The Labute approximate surface area is 176 Å². The molecular formula is C24H39N3O2. The molecule has 1 saturated heterocycles. The van der Waals surface area contributed by atoms with Gasteiger partial charge in [0, 0.05) is 51.9 Å². The van der Waals surface area contributed by atoms with Gasteiger partial charge >= 0.3 is 0 Å². The van der Waals surface area contributed by atoms with E-state index < -0.39 is 0 Å². The molecule has 1 saturated carbocycles. The molecule has 1 aromatic rings. The lowest BCUT2D eigenvalue weighted by Gasteiger charge is -2.34. The number of benzene rings is 1. The third-order valence-corrected chi connectivity index (χ3v) is 6.03. The van der Waals surface area contributed by atoms with Gasteiger partial charge < -0.3 is 19.7 Å². The molecule has 0 radical (unpaired) electrons. The molecule has 0 bridgehead atoms. The average molecular weight is 402 g/mol. The number of hydrogen-bond acceptors (Lipinski definition) is 3. The number of nitrogens with zero attached hydrogens (tertiary/aromatic N) is 2. The van der Waals surface area contributed by atoms with Crippen molar-refractivity contribution in [2.24, 2.45) is 4.99 Å². The Bertz CT molecular complexity index is 636. The molecule has 2 fully saturated rings. The molecule has 2 aliphatic rings. The van der Waals surface area contributed by atoms with Gasteiger partial charge in [0.25, 0.3) is 0 Å². The third-order valence-electron chi connectivity index (χ3n) is 6.03. The maximum absolute atomic E-state index is 6.00. The molecule has 0 spiro atoms. The number of aliphatic imine (C=N–C) groups is 1. The summed E-state index contributed by atoms with van der Waals surface area (Å²) in [5.74, 6) is 2.28. The number of nitrogens with one attached hydrogen (secondary N) is 1. The van der Waals surface area contributed by atoms with Crippen LogP contribution in [-0.4, -0.2) is 63.0 Å². The minimum absolute atomic E-state index is 0.374. The van der Waals surface area contributed by atoms with Crippen LogP contribution in [0.25, 0.3) is 0 Å². The van der Waals surface area contributed by atoms with Gasteiger partial charge in [0.05, 0.1) is 6.10 Å². The highest BCUT2D eigenvalue weighted by Crippen LogP contribution is 2.41. The zero-order valence-corrected chi connectivity index (χ0v) is 18.7. The largest absolute Gasteiger partial charge is 0.385 e. The molecular weight excluding hydrogens is 362 g/mol. The van der Waals surface area contributed by atoms with Crippen LogP contribution in [0.4, 0.5) is 0 Å². The van der Waals surface area contributed by atoms with Crippen molar-refractivity contribution in [1.82, 2.24) is 10.2 Å². The second-order valence-electron chi connectivity index (χ2n) is 8.62. The van der Waals surface area contributed by atoms with Gasteiger partial charge in [0.1, 0.15) is 0 Å². The van der Waals surface area contributed by atoms with E-state index in [0.29, 0.717) is 24.0 Å². The van der Waals surface area contributed by atoms with Crippen molar-refractivity contribution in [3.8, 4) is 0 Å². The summed E-state index contributed by atoms with van der Waals surface area (Å²) in [7, 11) is 1.74. The highest BCUT2D eigenvalue weighted by Gasteiger charge is 2.40. The van der Waals surface area contributed by atoms with Crippen LogP contribution >= 0.6 is 0 Å². The molecule has 1 aliphatic heterocycles. The van der Waals surface area contributed by atoms with E-state index in [4.69, 9.17) is 14.5 Å². The Hall–Kier alpha value is -1.59. The van der Waals surface area contributed by atoms with Crippen molar-refractivity contribution in [2.75, 3.05) is 40.0 Å². The fraction of sp³-hybridized carbons (Fsp3) is 0.708. The summed E-state index contributed by atoms with van der Waals surface area (Å²) in [4.78, 5) is 7.19. The molecule has 0 aromatic heterocycles. The molecule has 162 valence electrons. The average Bonchev–Trinajstić information content (AvgIpc) is 3.51. The molecule has 1 aromatic carbocycles. The highest BCUT2D eigenvalue weighted by molar-refractivity contribution is 5.81. The molecule has 1 N–H and O–H groups in total. The van der Waals surface area contributed by atoms with Gasteiger partial charge in [-0.3, -0.25) is 4.99 Å². The number of likely N-dealkylation sites (tertiary alicyclic amines) is 1. The van der Waals surface area contributed by atoms with Crippen LogP contribution in [0.1, 0.15) is 69.4 Å². The normalized spacial score (nSPS) is 22.9. The summed E-state index contributed by atoms with van der Waals surface area (Å²) in [6.07, 6.45) is 4.69. The third kappa shape index (κ3) is 6.45. The van der Waals surface area contributed by atoms with Crippen molar-refractivity contribution < 1.29 is 9.47 Å². The summed E-state index contributed by atoms with van der Waals surface area (Å²) in [6.45, 7) is 11.0. The molecule has 0 amide bonds. The maximum atomic E-state index is 6.00. The smallest absolute Gasteiger partial charge is 0.194 e. The number of guanidine groups is 1. The molecule has 5 nitrogen and oxygen atoms in total. The summed E-state index contributed by atoms with van der Waals surface area (Å²) in [5, 5.41) is 3.74. The molecule has 3 rings (SSSR count). The first kappa shape index (κ1) is 22.1. The summed E-state index contributed by atoms with van der Waals surface area (Å²) < 4.78 is 11.1. The van der Waals surface area contributed by atoms with Gasteiger partial charge in [-0.05, 0) is 49.7 Å². The van der Waals surface area contributed by atoms with E-state index in [2.05, 4.69) is 55.3 Å².